The Balaban J connectivity index is 2.00. The number of aliphatic hydroxyl groups is 1. The number of likely N-dealkylation sites (tertiary alicyclic amines) is 1. The zero-order valence-electron chi connectivity index (χ0n) is 10.4. The summed E-state index contributed by atoms with van der Waals surface area (Å²) >= 11 is 17.3. The molecule has 1 aliphatic rings. The molecular weight excluding hydrogens is 303 g/mol. The van der Waals surface area contributed by atoms with E-state index in [1.807, 2.05) is 0 Å². The number of halogens is 2. The fraction of sp³-hybridized carbons (Fsp3) is 0.462. The van der Waals surface area contributed by atoms with Gasteiger partial charge in [-0.15, -0.1) is 0 Å². The second-order valence-electron chi connectivity index (χ2n) is 4.73. The van der Waals surface area contributed by atoms with Crippen molar-refractivity contribution in [1.29, 1.82) is 0 Å². The summed E-state index contributed by atoms with van der Waals surface area (Å²) < 4.78 is 0. The number of hydrogen-bond donors (Lipinski definition) is 2. The molecule has 0 radical (unpaired) electrons. The molecule has 1 aromatic carbocycles. The van der Waals surface area contributed by atoms with Crippen LogP contribution in [0.1, 0.15) is 12.8 Å². The lowest BCUT2D eigenvalue weighted by molar-refractivity contribution is 0.162. The topological polar surface area (TPSA) is 35.5 Å². The second-order valence-corrected chi connectivity index (χ2v) is 5.98. The predicted molar refractivity (Wildman–Crippen MR) is 84.1 cm³/mol. The van der Waals surface area contributed by atoms with Gasteiger partial charge in [0, 0.05) is 35.4 Å². The van der Waals surface area contributed by atoms with Gasteiger partial charge in [-0.2, -0.15) is 0 Å². The SMILES string of the molecule is OC[C@@H]1CCCN(C(=S)Nc2cc(Cl)cc(Cl)c2)C1. The fourth-order valence-corrected chi connectivity index (χ4v) is 3.04. The highest BCUT2D eigenvalue weighted by Crippen LogP contribution is 2.23. The Morgan fingerprint density at radius 1 is 1.37 bits per heavy atom. The smallest absolute Gasteiger partial charge is 0.173 e. The molecule has 104 valence electrons. The Hall–Kier alpha value is -0.550. The third-order valence-corrected chi connectivity index (χ3v) is 3.97. The first-order valence-corrected chi connectivity index (χ1v) is 7.38. The lowest BCUT2D eigenvalue weighted by atomic mass is 9.99. The van der Waals surface area contributed by atoms with Crippen molar-refractivity contribution in [2.75, 3.05) is 25.0 Å². The summed E-state index contributed by atoms with van der Waals surface area (Å²) in [6.45, 7) is 1.91. The number of nitrogens with zero attached hydrogens (tertiary/aromatic N) is 1. The van der Waals surface area contributed by atoms with Gasteiger partial charge >= 0.3 is 0 Å². The number of aliphatic hydroxyl groups excluding tert-OH is 1. The maximum Gasteiger partial charge on any atom is 0.173 e. The third kappa shape index (κ3) is 4.21. The van der Waals surface area contributed by atoms with E-state index in [0.717, 1.165) is 31.6 Å². The molecule has 1 fully saturated rings. The van der Waals surface area contributed by atoms with Crippen LogP contribution in [0.2, 0.25) is 10.0 Å². The van der Waals surface area contributed by atoms with E-state index in [9.17, 15) is 5.11 Å². The van der Waals surface area contributed by atoms with Crippen molar-refractivity contribution < 1.29 is 5.11 Å². The van der Waals surface area contributed by atoms with Crippen LogP contribution in [-0.2, 0) is 0 Å². The number of hydrogen-bond acceptors (Lipinski definition) is 2. The molecule has 0 aromatic heterocycles. The summed E-state index contributed by atoms with van der Waals surface area (Å²) in [7, 11) is 0. The minimum absolute atomic E-state index is 0.210. The maximum atomic E-state index is 9.23. The van der Waals surface area contributed by atoms with Crippen LogP contribution >= 0.6 is 35.4 Å². The van der Waals surface area contributed by atoms with Gasteiger partial charge in [-0.3, -0.25) is 0 Å². The Morgan fingerprint density at radius 2 is 2.05 bits per heavy atom. The first kappa shape index (κ1) is 14.9. The molecule has 3 nitrogen and oxygen atoms in total. The van der Waals surface area contributed by atoms with Crippen molar-refractivity contribution in [2.45, 2.75) is 12.8 Å². The first-order chi connectivity index (χ1) is 9.08. The molecule has 0 bridgehead atoms. The van der Waals surface area contributed by atoms with E-state index >= 15 is 0 Å². The van der Waals surface area contributed by atoms with E-state index in [-0.39, 0.29) is 6.61 Å². The number of benzene rings is 1. The molecule has 1 heterocycles. The Kier molecular flexibility index (Phi) is 5.28. The zero-order chi connectivity index (χ0) is 13.8. The minimum atomic E-state index is 0.210. The largest absolute Gasteiger partial charge is 0.396 e. The Morgan fingerprint density at radius 3 is 2.68 bits per heavy atom. The highest BCUT2D eigenvalue weighted by atomic mass is 35.5. The van der Waals surface area contributed by atoms with Gasteiger partial charge in [0.2, 0.25) is 0 Å². The van der Waals surface area contributed by atoms with Crippen molar-refractivity contribution in [1.82, 2.24) is 4.90 Å². The molecule has 0 aliphatic carbocycles. The van der Waals surface area contributed by atoms with Gasteiger partial charge in [0.25, 0.3) is 0 Å². The molecule has 1 aliphatic heterocycles. The fourth-order valence-electron chi connectivity index (χ4n) is 2.23. The van der Waals surface area contributed by atoms with Crippen LogP contribution in [0, 0.1) is 5.92 Å². The summed E-state index contributed by atoms with van der Waals surface area (Å²) in [5.74, 6) is 0.302. The Labute approximate surface area is 128 Å². The van der Waals surface area contributed by atoms with Crippen LogP contribution in [0.25, 0.3) is 0 Å². The van der Waals surface area contributed by atoms with Gasteiger partial charge in [0.15, 0.2) is 5.11 Å². The molecule has 1 saturated heterocycles. The van der Waals surface area contributed by atoms with E-state index in [1.165, 1.54) is 0 Å². The number of rotatable bonds is 2. The Bertz CT molecular complexity index is 450. The van der Waals surface area contributed by atoms with Crippen molar-refractivity contribution >= 4 is 46.2 Å². The predicted octanol–water partition coefficient (Wildman–Crippen LogP) is 3.39. The molecule has 2 rings (SSSR count). The van der Waals surface area contributed by atoms with E-state index in [0.29, 0.717) is 21.1 Å². The van der Waals surface area contributed by atoms with Crippen LogP contribution in [0.5, 0.6) is 0 Å². The molecule has 2 N–H and O–H groups in total. The maximum absolute atomic E-state index is 9.23. The van der Waals surface area contributed by atoms with Crippen LogP contribution < -0.4 is 5.32 Å². The highest BCUT2D eigenvalue weighted by Gasteiger charge is 2.21. The zero-order valence-corrected chi connectivity index (χ0v) is 12.7. The van der Waals surface area contributed by atoms with E-state index in [2.05, 4.69) is 10.2 Å². The van der Waals surface area contributed by atoms with Crippen molar-refractivity contribution in [3.63, 3.8) is 0 Å². The summed E-state index contributed by atoms with van der Waals surface area (Å²) in [4.78, 5) is 2.08. The molecule has 0 spiro atoms. The van der Waals surface area contributed by atoms with Crippen LogP contribution in [0.15, 0.2) is 18.2 Å². The van der Waals surface area contributed by atoms with Crippen molar-refractivity contribution in [3.8, 4) is 0 Å². The van der Waals surface area contributed by atoms with Gasteiger partial charge in [-0.25, -0.2) is 0 Å². The van der Waals surface area contributed by atoms with E-state index in [4.69, 9.17) is 35.4 Å². The number of thiocarbonyl (C=S) groups is 1. The van der Waals surface area contributed by atoms with Gasteiger partial charge in [-0.05, 0) is 49.2 Å². The lowest BCUT2D eigenvalue weighted by Gasteiger charge is -2.33. The standard InChI is InChI=1S/C13H16Cl2N2OS/c14-10-4-11(15)6-12(5-10)16-13(19)17-3-1-2-9(7-17)8-18/h4-6,9,18H,1-3,7-8H2,(H,16,19)/t9-/m1/s1. The summed E-state index contributed by atoms with van der Waals surface area (Å²) in [6, 6.07) is 5.25. The molecule has 0 amide bonds. The van der Waals surface area contributed by atoms with E-state index in [1.54, 1.807) is 18.2 Å². The summed E-state index contributed by atoms with van der Waals surface area (Å²) in [5.41, 5.74) is 0.786. The van der Waals surface area contributed by atoms with Crippen molar-refractivity contribution in [2.24, 2.45) is 5.92 Å². The summed E-state index contributed by atoms with van der Waals surface area (Å²) in [6.07, 6.45) is 2.10. The van der Waals surface area contributed by atoms with Gasteiger partial charge < -0.3 is 15.3 Å². The average Bonchev–Trinajstić information content (AvgIpc) is 2.37. The molecule has 1 atom stereocenters. The number of nitrogens with one attached hydrogen (secondary N) is 1. The van der Waals surface area contributed by atoms with Gasteiger partial charge in [-0.1, -0.05) is 23.2 Å². The monoisotopic (exact) mass is 318 g/mol. The molecule has 6 heteroatoms. The molecule has 0 unspecified atom stereocenters. The van der Waals surface area contributed by atoms with Crippen LogP contribution in [0.3, 0.4) is 0 Å². The van der Waals surface area contributed by atoms with Crippen LogP contribution in [-0.4, -0.2) is 34.8 Å². The molecule has 19 heavy (non-hydrogen) atoms. The number of anilines is 1. The first-order valence-electron chi connectivity index (χ1n) is 6.21. The highest BCUT2D eigenvalue weighted by molar-refractivity contribution is 7.80. The molecule has 1 aromatic rings. The molecule has 0 saturated carbocycles. The van der Waals surface area contributed by atoms with Gasteiger partial charge in [0.1, 0.15) is 0 Å². The second kappa shape index (κ2) is 6.75. The van der Waals surface area contributed by atoms with Crippen molar-refractivity contribution in [3.05, 3.63) is 28.2 Å². The normalized spacial score (nSPS) is 19.3. The average molecular weight is 319 g/mol. The third-order valence-electron chi connectivity index (χ3n) is 3.18. The van der Waals surface area contributed by atoms with E-state index < -0.39 is 0 Å². The number of piperidine rings is 1. The van der Waals surface area contributed by atoms with Gasteiger partial charge in [0.05, 0.1) is 0 Å². The lowest BCUT2D eigenvalue weighted by Crippen LogP contribution is -2.43. The summed E-state index contributed by atoms with van der Waals surface area (Å²) in [5, 5.41) is 14.2. The quantitative estimate of drug-likeness (QED) is 0.819. The molecular formula is C13H16Cl2N2OS. The van der Waals surface area contributed by atoms with Crippen LogP contribution in [0.4, 0.5) is 5.69 Å². The minimum Gasteiger partial charge on any atom is -0.396 e.